The Morgan fingerprint density at radius 2 is 1.82 bits per heavy atom. The fourth-order valence-electron chi connectivity index (χ4n) is 7.76. The van der Waals surface area contributed by atoms with Crippen molar-refractivity contribution in [3.8, 4) is 0 Å². The van der Waals surface area contributed by atoms with Crippen LogP contribution in [0.4, 0.5) is 5.69 Å². The second kappa shape index (κ2) is 10.2. The van der Waals surface area contributed by atoms with Gasteiger partial charge >= 0.3 is 6.17 Å². The Balaban J connectivity index is 1.42. The number of hydrogen-bond acceptors (Lipinski definition) is 4. The zero-order valence-electron chi connectivity index (χ0n) is 24.1. The normalized spacial score (nSPS) is 28.4. The van der Waals surface area contributed by atoms with Crippen molar-refractivity contribution in [2.75, 3.05) is 25.5 Å². The minimum atomic E-state index is -0.929. The SMILES string of the molecule is [C-]#[N+][C@@H]1C[C@@]2(CN1C(=O)[C@H](CC(C)C)N(C)C(=O)[C@@H]1CC3(CCCC3)CN1C(C)C)C(=O)Nc1ccccc12. The Bertz CT molecular complexity index is 1180. The predicted molar refractivity (Wildman–Crippen MR) is 151 cm³/mol. The van der Waals surface area contributed by atoms with E-state index >= 15 is 0 Å². The summed E-state index contributed by atoms with van der Waals surface area (Å²) in [6.07, 6.45) is 5.68. The highest BCUT2D eigenvalue weighted by Gasteiger charge is 2.59. The van der Waals surface area contributed by atoms with Gasteiger partial charge in [0, 0.05) is 31.9 Å². The van der Waals surface area contributed by atoms with Gasteiger partial charge in [0.15, 0.2) is 0 Å². The van der Waals surface area contributed by atoms with E-state index in [9.17, 15) is 14.4 Å². The number of amides is 3. The van der Waals surface area contributed by atoms with Crippen molar-refractivity contribution in [2.45, 2.75) is 102 Å². The van der Waals surface area contributed by atoms with E-state index in [1.54, 1.807) is 16.8 Å². The van der Waals surface area contributed by atoms with Crippen molar-refractivity contribution >= 4 is 23.4 Å². The van der Waals surface area contributed by atoms with Crippen LogP contribution in [0.25, 0.3) is 4.85 Å². The van der Waals surface area contributed by atoms with Crippen LogP contribution in [-0.2, 0) is 19.8 Å². The highest BCUT2D eigenvalue weighted by atomic mass is 16.2. The molecule has 3 fully saturated rings. The van der Waals surface area contributed by atoms with Gasteiger partial charge in [-0.3, -0.25) is 29.0 Å². The number of rotatable bonds is 6. The van der Waals surface area contributed by atoms with Crippen LogP contribution in [-0.4, -0.2) is 76.8 Å². The minimum Gasteiger partial charge on any atom is -0.332 e. The van der Waals surface area contributed by atoms with E-state index in [1.807, 2.05) is 24.3 Å². The number of nitrogens with zero attached hydrogens (tertiary/aromatic N) is 4. The average Bonchev–Trinajstić information content (AvgIpc) is 3.68. The number of carbonyl (C=O) groups excluding carboxylic acids is 3. The predicted octanol–water partition coefficient (Wildman–Crippen LogP) is 4.27. The summed E-state index contributed by atoms with van der Waals surface area (Å²) in [6, 6.07) is 6.90. The first-order valence-corrected chi connectivity index (χ1v) is 14.6. The summed E-state index contributed by atoms with van der Waals surface area (Å²) in [7, 11) is 1.77. The molecule has 2 spiro atoms. The molecule has 39 heavy (non-hydrogen) atoms. The quantitative estimate of drug-likeness (QED) is 0.554. The number of hydrogen-bond donors (Lipinski definition) is 1. The van der Waals surface area contributed by atoms with Gasteiger partial charge in [-0.15, -0.1) is 0 Å². The first kappa shape index (κ1) is 27.6. The van der Waals surface area contributed by atoms with E-state index in [0.717, 1.165) is 24.2 Å². The summed E-state index contributed by atoms with van der Waals surface area (Å²) in [5.41, 5.74) is 0.885. The van der Waals surface area contributed by atoms with Gasteiger partial charge in [-0.05, 0) is 62.5 Å². The maximum atomic E-state index is 14.3. The van der Waals surface area contributed by atoms with Gasteiger partial charge in [-0.2, -0.15) is 0 Å². The van der Waals surface area contributed by atoms with Crippen molar-refractivity contribution in [3.63, 3.8) is 0 Å². The topological polar surface area (TPSA) is 77.3 Å². The number of fused-ring (bicyclic) bond motifs is 2. The van der Waals surface area contributed by atoms with Gasteiger partial charge in [0.25, 0.3) is 5.91 Å². The molecule has 0 radical (unpaired) electrons. The molecule has 1 aromatic carbocycles. The molecule has 1 aromatic rings. The Morgan fingerprint density at radius 1 is 1.13 bits per heavy atom. The molecule has 4 atom stereocenters. The molecule has 8 heteroatoms. The van der Waals surface area contributed by atoms with Gasteiger partial charge in [-0.1, -0.05) is 44.9 Å². The lowest BCUT2D eigenvalue weighted by molar-refractivity contribution is -0.148. The van der Waals surface area contributed by atoms with Gasteiger partial charge in [0.05, 0.1) is 12.5 Å². The second-order valence-electron chi connectivity index (χ2n) is 13.1. The zero-order chi connectivity index (χ0) is 28.1. The molecule has 1 saturated carbocycles. The Kier molecular flexibility index (Phi) is 7.26. The first-order valence-electron chi connectivity index (χ1n) is 14.6. The van der Waals surface area contributed by atoms with Crippen LogP contribution in [0, 0.1) is 17.9 Å². The zero-order valence-corrected chi connectivity index (χ0v) is 24.1. The van der Waals surface area contributed by atoms with E-state index in [1.165, 1.54) is 25.7 Å². The summed E-state index contributed by atoms with van der Waals surface area (Å²) in [5.74, 6) is -0.195. The van der Waals surface area contributed by atoms with Crippen LogP contribution < -0.4 is 5.32 Å². The summed E-state index contributed by atoms with van der Waals surface area (Å²) >= 11 is 0. The third-order valence-corrected chi connectivity index (χ3v) is 9.84. The van der Waals surface area contributed by atoms with E-state index < -0.39 is 17.6 Å². The van der Waals surface area contributed by atoms with Crippen molar-refractivity contribution in [2.24, 2.45) is 11.3 Å². The summed E-state index contributed by atoms with van der Waals surface area (Å²) in [5, 5.41) is 2.96. The molecule has 5 rings (SSSR count). The summed E-state index contributed by atoms with van der Waals surface area (Å²) in [4.78, 5) is 51.1. The molecule has 3 amide bonds. The van der Waals surface area contributed by atoms with Crippen molar-refractivity contribution < 1.29 is 14.4 Å². The van der Waals surface area contributed by atoms with E-state index in [-0.39, 0.29) is 54.1 Å². The van der Waals surface area contributed by atoms with Crippen molar-refractivity contribution in [3.05, 3.63) is 41.2 Å². The molecule has 1 N–H and O–H groups in total. The fraction of sp³-hybridized carbons (Fsp3) is 0.677. The largest absolute Gasteiger partial charge is 0.332 e. The number of anilines is 1. The number of nitrogens with one attached hydrogen (secondary N) is 1. The molecule has 4 aliphatic rings. The molecule has 2 saturated heterocycles. The third kappa shape index (κ3) is 4.63. The van der Waals surface area contributed by atoms with Crippen LogP contribution in [0.5, 0.6) is 0 Å². The monoisotopic (exact) mass is 533 g/mol. The smallest absolute Gasteiger partial charge is 0.302 e. The van der Waals surface area contributed by atoms with Crippen LogP contribution >= 0.6 is 0 Å². The fourth-order valence-corrected chi connectivity index (χ4v) is 7.76. The molecule has 0 aromatic heterocycles. The lowest BCUT2D eigenvalue weighted by Crippen LogP contribution is -2.55. The molecular weight excluding hydrogens is 490 g/mol. The highest BCUT2D eigenvalue weighted by Crippen LogP contribution is 2.49. The van der Waals surface area contributed by atoms with Crippen LogP contribution in [0.3, 0.4) is 0 Å². The van der Waals surface area contributed by atoms with E-state index in [2.05, 4.69) is 42.8 Å². The molecular formula is C31H43N5O3. The Hall–Kier alpha value is -2.92. The number of benzene rings is 1. The Labute approximate surface area is 232 Å². The Morgan fingerprint density at radius 3 is 2.46 bits per heavy atom. The summed E-state index contributed by atoms with van der Waals surface area (Å²) in [6.45, 7) is 17.4. The first-order chi connectivity index (χ1) is 18.5. The standard InChI is InChI=1S/C31H43N5O3/c1-20(2)15-24(34(6)27(37)25-16-30(13-9-10-14-30)18-35(25)21(3)4)28(38)36-19-31(17-26(36)32-5)22-11-7-8-12-23(22)33-29(31)39/h7-8,11-12,20-21,24-26H,9-10,13-19H2,1-4,6H3,(H,33,39)/t24-,25-,26-,31-/m0/s1. The molecule has 1 aliphatic carbocycles. The van der Waals surface area contributed by atoms with Crippen LogP contribution in [0.1, 0.15) is 78.2 Å². The molecule has 0 unspecified atom stereocenters. The van der Waals surface area contributed by atoms with Crippen LogP contribution in [0.2, 0.25) is 0 Å². The van der Waals surface area contributed by atoms with Crippen molar-refractivity contribution in [1.29, 1.82) is 0 Å². The number of likely N-dealkylation sites (tertiary alicyclic amines) is 2. The maximum Gasteiger partial charge on any atom is 0.302 e. The van der Waals surface area contributed by atoms with Gasteiger partial charge in [0.1, 0.15) is 11.5 Å². The average molecular weight is 534 g/mol. The maximum absolute atomic E-state index is 14.3. The number of para-hydroxylation sites is 1. The van der Waals surface area contributed by atoms with E-state index in [4.69, 9.17) is 6.57 Å². The van der Waals surface area contributed by atoms with Gasteiger partial charge in [0.2, 0.25) is 11.8 Å². The van der Waals surface area contributed by atoms with Crippen LogP contribution in [0.15, 0.2) is 24.3 Å². The molecule has 3 aliphatic heterocycles. The molecule has 3 heterocycles. The molecule has 0 bridgehead atoms. The highest BCUT2D eigenvalue weighted by molar-refractivity contribution is 6.07. The van der Waals surface area contributed by atoms with Crippen molar-refractivity contribution in [1.82, 2.24) is 14.7 Å². The molecule has 210 valence electrons. The lowest BCUT2D eigenvalue weighted by Gasteiger charge is -2.36. The second-order valence-corrected chi connectivity index (χ2v) is 13.1. The number of carbonyl (C=O) groups is 3. The minimum absolute atomic E-state index is 0.00343. The molecule has 8 nitrogen and oxygen atoms in total. The number of likely N-dealkylation sites (N-methyl/N-ethyl adjacent to an activating group) is 1. The third-order valence-electron chi connectivity index (χ3n) is 9.84. The van der Waals surface area contributed by atoms with E-state index in [0.29, 0.717) is 6.42 Å². The summed E-state index contributed by atoms with van der Waals surface area (Å²) < 4.78 is 0. The van der Waals surface area contributed by atoms with Gasteiger partial charge < -0.3 is 10.2 Å². The van der Waals surface area contributed by atoms with Gasteiger partial charge in [-0.25, -0.2) is 6.57 Å². The lowest BCUT2D eigenvalue weighted by atomic mass is 9.80.